The third-order valence-corrected chi connectivity index (χ3v) is 5.22. The summed E-state index contributed by atoms with van der Waals surface area (Å²) in [5.74, 6) is 0. The van der Waals surface area contributed by atoms with E-state index in [0.29, 0.717) is 13.1 Å². The number of pyridine rings is 1. The highest BCUT2D eigenvalue weighted by molar-refractivity contribution is 5.91. The van der Waals surface area contributed by atoms with Crippen LogP contribution in [0.1, 0.15) is 29.4 Å². The summed E-state index contributed by atoms with van der Waals surface area (Å²) in [6.45, 7) is 9.24. The van der Waals surface area contributed by atoms with Gasteiger partial charge < -0.3 is 14.5 Å². The fourth-order valence-corrected chi connectivity index (χ4v) is 3.59. The maximum atomic E-state index is 12.2. The Morgan fingerprint density at radius 2 is 2.04 bits per heavy atom. The van der Waals surface area contributed by atoms with Crippen LogP contribution in [-0.2, 0) is 11.3 Å². The molecule has 27 heavy (non-hydrogen) atoms. The van der Waals surface area contributed by atoms with Crippen LogP contribution in [0.3, 0.4) is 0 Å². The first-order valence-corrected chi connectivity index (χ1v) is 9.20. The molecule has 1 saturated heterocycles. The molecule has 0 aliphatic carbocycles. The zero-order valence-electron chi connectivity index (χ0n) is 16.1. The van der Waals surface area contributed by atoms with Crippen molar-refractivity contribution in [2.24, 2.45) is 0 Å². The molecule has 1 N–H and O–H groups in total. The number of rotatable bonds is 4. The minimum atomic E-state index is -0.282. The quantitative estimate of drug-likeness (QED) is 0.753. The molecule has 1 amide bonds. The second-order valence-corrected chi connectivity index (χ2v) is 7.13. The highest BCUT2D eigenvalue weighted by atomic mass is 16.6. The van der Waals surface area contributed by atoms with E-state index in [1.54, 1.807) is 4.90 Å². The summed E-state index contributed by atoms with van der Waals surface area (Å²) in [7, 11) is 0. The molecule has 140 valence electrons. The van der Waals surface area contributed by atoms with Crippen molar-refractivity contribution in [1.82, 2.24) is 9.38 Å². The van der Waals surface area contributed by atoms with Crippen molar-refractivity contribution in [3.63, 3.8) is 0 Å². The van der Waals surface area contributed by atoms with Crippen LogP contribution in [0.15, 0.2) is 36.5 Å². The van der Waals surface area contributed by atoms with E-state index in [0.717, 1.165) is 39.5 Å². The molecular formula is C21H24N4O2. The molecule has 0 radical (unpaired) electrons. The first-order valence-electron chi connectivity index (χ1n) is 9.20. The molecule has 1 aliphatic rings. The van der Waals surface area contributed by atoms with Gasteiger partial charge in [0.2, 0.25) is 0 Å². The Kier molecular flexibility index (Phi) is 4.26. The van der Waals surface area contributed by atoms with E-state index >= 15 is 0 Å². The number of fused-ring (bicyclic) bond motifs is 1. The van der Waals surface area contributed by atoms with Gasteiger partial charge in [0.05, 0.1) is 23.6 Å². The van der Waals surface area contributed by atoms with E-state index in [2.05, 4.69) is 34.6 Å². The molecule has 3 heterocycles. The fourth-order valence-electron chi connectivity index (χ4n) is 3.59. The molecule has 6 heteroatoms. The van der Waals surface area contributed by atoms with Crippen LogP contribution in [0.2, 0.25) is 0 Å². The van der Waals surface area contributed by atoms with Crippen molar-refractivity contribution in [2.45, 2.75) is 40.3 Å². The lowest BCUT2D eigenvalue weighted by Gasteiger charge is -2.20. The summed E-state index contributed by atoms with van der Waals surface area (Å²) in [6, 6.07) is 10.1. The van der Waals surface area contributed by atoms with E-state index in [-0.39, 0.29) is 12.2 Å². The van der Waals surface area contributed by atoms with E-state index < -0.39 is 0 Å². The zero-order chi connectivity index (χ0) is 19.1. The largest absolute Gasteiger partial charge is 0.444 e. The first-order chi connectivity index (χ1) is 13.0. The Morgan fingerprint density at radius 1 is 1.22 bits per heavy atom. The van der Waals surface area contributed by atoms with Crippen molar-refractivity contribution in [1.29, 1.82) is 0 Å². The minimum absolute atomic E-state index is 0.0940. The van der Waals surface area contributed by atoms with Crippen molar-refractivity contribution in [3.8, 4) is 0 Å². The maximum absolute atomic E-state index is 12.2. The highest BCUT2D eigenvalue weighted by Crippen LogP contribution is 2.29. The number of nitrogens with one attached hydrogen (secondary N) is 1. The standard InChI is InChI=1S/C21H24N4O2/c1-13-7-5-9-19(25-12-14(2)27-21(25)26)17(13)11-22-18-8-6-10-24-16(4)15(3)23-20(18)24/h5-10,14,22H,11-12H2,1-4H3. The smallest absolute Gasteiger partial charge is 0.414 e. The van der Waals surface area contributed by atoms with Gasteiger partial charge in [-0.2, -0.15) is 0 Å². The number of hydrogen-bond acceptors (Lipinski definition) is 4. The van der Waals surface area contributed by atoms with Gasteiger partial charge >= 0.3 is 6.09 Å². The number of carbonyl (C=O) groups is 1. The molecule has 0 spiro atoms. The Labute approximate surface area is 158 Å². The average molecular weight is 364 g/mol. The van der Waals surface area contributed by atoms with E-state index in [1.165, 1.54) is 0 Å². The number of ether oxygens (including phenoxy) is 1. The Morgan fingerprint density at radius 3 is 2.78 bits per heavy atom. The van der Waals surface area contributed by atoms with Crippen molar-refractivity contribution < 1.29 is 9.53 Å². The number of nitrogens with zero attached hydrogens (tertiary/aromatic N) is 3. The lowest BCUT2D eigenvalue weighted by molar-refractivity contribution is 0.150. The second kappa shape index (κ2) is 6.61. The van der Waals surface area contributed by atoms with E-state index in [9.17, 15) is 4.79 Å². The van der Waals surface area contributed by atoms with Crippen LogP contribution in [-0.4, -0.2) is 28.1 Å². The normalized spacial score (nSPS) is 16.8. The van der Waals surface area contributed by atoms with Crippen LogP contribution in [0, 0.1) is 20.8 Å². The van der Waals surface area contributed by atoms with Crippen LogP contribution in [0.4, 0.5) is 16.2 Å². The molecule has 4 rings (SSSR count). The number of anilines is 2. The van der Waals surface area contributed by atoms with Crippen LogP contribution < -0.4 is 10.2 Å². The number of carbonyl (C=O) groups excluding carboxylic acids is 1. The second-order valence-electron chi connectivity index (χ2n) is 7.13. The van der Waals surface area contributed by atoms with Gasteiger partial charge in [-0.1, -0.05) is 12.1 Å². The number of amides is 1. The van der Waals surface area contributed by atoms with Crippen LogP contribution in [0.5, 0.6) is 0 Å². The lowest BCUT2D eigenvalue weighted by Crippen LogP contribution is -2.26. The van der Waals surface area contributed by atoms with Gasteiger partial charge in [-0.15, -0.1) is 0 Å². The summed E-state index contributed by atoms with van der Waals surface area (Å²) in [6.07, 6.45) is 1.65. The third-order valence-electron chi connectivity index (χ3n) is 5.22. The van der Waals surface area contributed by atoms with Crippen LogP contribution in [0.25, 0.3) is 5.65 Å². The number of hydrogen-bond donors (Lipinski definition) is 1. The molecule has 0 bridgehead atoms. The average Bonchev–Trinajstić information content (AvgIpc) is 3.13. The topological polar surface area (TPSA) is 58.9 Å². The Hall–Kier alpha value is -3.02. The van der Waals surface area contributed by atoms with Gasteiger partial charge in [0.25, 0.3) is 0 Å². The van der Waals surface area contributed by atoms with Gasteiger partial charge in [0.15, 0.2) is 5.65 Å². The van der Waals surface area contributed by atoms with Crippen LogP contribution >= 0.6 is 0 Å². The number of aromatic nitrogens is 2. The number of benzene rings is 1. The van der Waals surface area contributed by atoms with Gasteiger partial charge in [0, 0.05) is 18.4 Å². The molecule has 1 aromatic carbocycles. The molecule has 0 saturated carbocycles. The predicted molar refractivity (Wildman–Crippen MR) is 106 cm³/mol. The van der Waals surface area contributed by atoms with Crippen molar-refractivity contribution >= 4 is 23.1 Å². The minimum Gasteiger partial charge on any atom is -0.444 e. The molecular weight excluding hydrogens is 340 g/mol. The van der Waals surface area contributed by atoms with Gasteiger partial charge in [-0.05, 0) is 57.0 Å². The van der Waals surface area contributed by atoms with Gasteiger partial charge in [0.1, 0.15) is 6.10 Å². The zero-order valence-corrected chi connectivity index (χ0v) is 16.1. The SMILES string of the molecule is Cc1cccc(N2CC(C)OC2=O)c1CNc1cccn2c(C)c(C)nc12. The third kappa shape index (κ3) is 3.01. The van der Waals surface area contributed by atoms with E-state index in [1.807, 2.05) is 44.3 Å². The summed E-state index contributed by atoms with van der Waals surface area (Å²) in [5.41, 5.74) is 7.17. The van der Waals surface area contributed by atoms with Crippen molar-refractivity contribution in [3.05, 3.63) is 59.0 Å². The monoisotopic (exact) mass is 364 g/mol. The molecule has 1 unspecified atom stereocenters. The number of cyclic esters (lactones) is 1. The molecule has 3 aromatic rings. The molecule has 6 nitrogen and oxygen atoms in total. The number of aryl methyl sites for hydroxylation is 3. The summed E-state index contributed by atoms with van der Waals surface area (Å²) in [5, 5.41) is 3.51. The first kappa shape index (κ1) is 17.4. The maximum Gasteiger partial charge on any atom is 0.414 e. The van der Waals surface area contributed by atoms with Crippen molar-refractivity contribution in [2.75, 3.05) is 16.8 Å². The summed E-state index contributed by atoms with van der Waals surface area (Å²) >= 11 is 0. The fraction of sp³-hybridized carbons (Fsp3) is 0.333. The Bertz CT molecular complexity index is 1020. The molecule has 1 fully saturated rings. The molecule has 1 aliphatic heterocycles. The predicted octanol–water partition coefficient (Wildman–Crippen LogP) is 4.22. The van der Waals surface area contributed by atoms with Gasteiger partial charge in [-0.25, -0.2) is 9.78 Å². The highest BCUT2D eigenvalue weighted by Gasteiger charge is 2.31. The summed E-state index contributed by atoms with van der Waals surface area (Å²) < 4.78 is 7.41. The molecule has 1 atom stereocenters. The van der Waals surface area contributed by atoms with Gasteiger partial charge in [-0.3, -0.25) is 4.90 Å². The summed E-state index contributed by atoms with van der Waals surface area (Å²) in [4.78, 5) is 18.6. The lowest BCUT2D eigenvalue weighted by atomic mass is 10.1. The molecule has 2 aromatic heterocycles. The number of imidazole rings is 1. The van der Waals surface area contributed by atoms with E-state index in [4.69, 9.17) is 4.74 Å². The Balaban J connectivity index is 1.66.